The molecule has 0 fully saturated rings. The minimum absolute atomic E-state index is 0.159. The molecule has 0 aliphatic rings. The van der Waals surface area contributed by atoms with Gasteiger partial charge in [0.25, 0.3) is 5.22 Å². The fraction of sp³-hybridized carbons (Fsp3) is 0.286. The summed E-state index contributed by atoms with van der Waals surface area (Å²) in [7, 11) is 0. The largest absolute Gasteiger partial charge is 0.411 e. The summed E-state index contributed by atoms with van der Waals surface area (Å²) in [5.41, 5.74) is 3.93. The number of nitrogens with one attached hydrogen (secondary N) is 1. The molecule has 0 unspecified atom stereocenters. The number of halogens is 1. The van der Waals surface area contributed by atoms with Crippen LogP contribution in [0, 0.1) is 19.7 Å². The number of rotatable bonds is 6. The van der Waals surface area contributed by atoms with E-state index in [0.717, 1.165) is 22.3 Å². The van der Waals surface area contributed by atoms with Crippen LogP contribution in [-0.2, 0) is 4.79 Å². The number of hydrogen-bond donors (Lipinski definition) is 1. The molecule has 3 rings (SSSR count). The summed E-state index contributed by atoms with van der Waals surface area (Å²) in [5.74, 6) is -0.0308. The molecule has 3 aromatic rings. The Hall–Kier alpha value is -2.67. The second-order valence-electron chi connectivity index (χ2n) is 6.79. The van der Waals surface area contributed by atoms with Crippen molar-refractivity contribution in [1.29, 1.82) is 0 Å². The Morgan fingerprint density at radius 1 is 1.07 bits per heavy atom. The third-order valence-corrected chi connectivity index (χ3v) is 5.18. The van der Waals surface area contributed by atoms with Crippen molar-refractivity contribution in [3.05, 3.63) is 65.0 Å². The van der Waals surface area contributed by atoms with Gasteiger partial charge >= 0.3 is 0 Å². The summed E-state index contributed by atoms with van der Waals surface area (Å²) in [4.78, 5) is 12.5. The molecule has 0 saturated heterocycles. The third-order valence-electron chi connectivity index (χ3n) is 4.25. The van der Waals surface area contributed by atoms with Crippen LogP contribution < -0.4 is 5.32 Å². The van der Waals surface area contributed by atoms with Crippen LogP contribution >= 0.6 is 11.8 Å². The maximum Gasteiger partial charge on any atom is 0.277 e. The smallest absolute Gasteiger partial charge is 0.277 e. The highest BCUT2D eigenvalue weighted by Crippen LogP contribution is 2.27. The number of carbonyl (C=O) groups excluding carboxylic acids is 1. The average Bonchev–Trinajstić information content (AvgIpc) is 3.10. The minimum atomic E-state index is -0.421. The first-order chi connectivity index (χ1) is 13.3. The number of thioether (sulfide) groups is 1. The molecular weight excluding hydrogens is 377 g/mol. The van der Waals surface area contributed by atoms with E-state index in [2.05, 4.69) is 21.6 Å². The first kappa shape index (κ1) is 20.1. The Morgan fingerprint density at radius 3 is 2.36 bits per heavy atom. The SMILES string of the molecule is Cc1cc(C)cc(-c2nnc(S[C@H](C)C(=O)N[C@H](C)c3ccc(F)cc3)o2)c1. The lowest BCUT2D eigenvalue weighted by atomic mass is 10.1. The van der Waals surface area contributed by atoms with Crippen LogP contribution in [-0.4, -0.2) is 21.4 Å². The van der Waals surface area contributed by atoms with E-state index in [0.29, 0.717) is 11.1 Å². The standard InChI is InChI=1S/C21H22FN3O2S/c1-12-9-13(2)11-17(10-12)20-24-25-21(27-20)28-15(4)19(26)23-14(3)16-5-7-18(22)8-6-16/h5-11,14-15H,1-4H3,(H,23,26)/t14-,15-/m1/s1. The maximum absolute atomic E-state index is 13.0. The monoisotopic (exact) mass is 399 g/mol. The van der Waals surface area contributed by atoms with Gasteiger partial charge in [0.05, 0.1) is 11.3 Å². The number of hydrogen-bond acceptors (Lipinski definition) is 5. The van der Waals surface area contributed by atoms with Crippen molar-refractivity contribution in [2.24, 2.45) is 0 Å². The highest BCUT2D eigenvalue weighted by molar-refractivity contribution is 8.00. The van der Waals surface area contributed by atoms with Gasteiger partial charge in [-0.05, 0) is 57.5 Å². The molecule has 2 atom stereocenters. The highest BCUT2D eigenvalue weighted by atomic mass is 32.2. The first-order valence-corrected chi connectivity index (χ1v) is 9.84. The predicted molar refractivity (Wildman–Crippen MR) is 107 cm³/mol. The van der Waals surface area contributed by atoms with Crippen LogP contribution in [0.5, 0.6) is 0 Å². The third kappa shape index (κ3) is 4.98. The summed E-state index contributed by atoms with van der Waals surface area (Å²) >= 11 is 1.20. The molecule has 7 heteroatoms. The molecule has 5 nitrogen and oxygen atoms in total. The van der Waals surface area contributed by atoms with E-state index in [1.165, 1.54) is 23.9 Å². The van der Waals surface area contributed by atoms with E-state index in [9.17, 15) is 9.18 Å². The molecular formula is C21H22FN3O2S. The summed E-state index contributed by atoms with van der Waals surface area (Å²) in [6, 6.07) is 11.9. The lowest BCUT2D eigenvalue weighted by Crippen LogP contribution is -2.33. The Kier molecular flexibility index (Phi) is 6.14. The molecule has 146 valence electrons. The van der Waals surface area contributed by atoms with E-state index >= 15 is 0 Å². The van der Waals surface area contributed by atoms with E-state index in [1.54, 1.807) is 19.1 Å². The fourth-order valence-electron chi connectivity index (χ4n) is 2.84. The topological polar surface area (TPSA) is 68.0 Å². The van der Waals surface area contributed by atoms with E-state index in [1.807, 2.05) is 32.9 Å². The van der Waals surface area contributed by atoms with Gasteiger partial charge in [0.1, 0.15) is 5.82 Å². The zero-order chi connectivity index (χ0) is 20.3. The van der Waals surface area contributed by atoms with Crippen molar-refractivity contribution in [1.82, 2.24) is 15.5 Å². The molecule has 0 spiro atoms. The van der Waals surface area contributed by atoms with Gasteiger partial charge in [-0.25, -0.2) is 4.39 Å². The van der Waals surface area contributed by atoms with Gasteiger partial charge in [0, 0.05) is 5.56 Å². The number of benzene rings is 2. The normalized spacial score (nSPS) is 13.2. The molecule has 1 amide bonds. The van der Waals surface area contributed by atoms with Crippen LogP contribution in [0.25, 0.3) is 11.5 Å². The van der Waals surface area contributed by atoms with E-state index in [-0.39, 0.29) is 17.8 Å². The lowest BCUT2D eigenvalue weighted by Gasteiger charge is -2.16. The molecule has 0 aliphatic carbocycles. The zero-order valence-electron chi connectivity index (χ0n) is 16.2. The quantitative estimate of drug-likeness (QED) is 0.600. The molecule has 28 heavy (non-hydrogen) atoms. The van der Waals surface area contributed by atoms with Crippen LogP contribution in [0.2, 0.25) is 0 Å². The molecule has 0 saturated carbocycles. The van der Waals surface area contributed by atoms with Crippen molar-refractivity contribution in [2.45, 2.75) is 44.2 Å². The molecule has 1 N–H and O–H groups in total. The molecule has 1 aromatic heterocycles. The summed E-state index contributed by atoms with van der Waals surface area (Å²) in [6.45, 7) is 7.65. The predicted octanol–water partition coefficient (Wildman–Crippen LogP) is 4.85. The van der Waals surface area contributed by atoms with Crippen molar-refractivity contribution in [3.8, 4) is 11.5 Å². The second kappa shape index (κ2) is 8.56. The molecule has 0 aliphatic heterocycles. The Labute approximate surface area is 167 Å². The number of aromatic nitrogens is 2. The van der Waals surface area contributed by atoms with Gasteiger partial charge in [-0.3, -0.25) is 4.79 Å². The second-order valence-corrected chi connectivity index (χ2v) is 8.08. The van der Waals surface area contributed by atoms with Crippen molar-refractivity contribution < 1.29 is 13.6 Å². The van der Waals surface area contributed by atoms with Crippen molar-refractivity contribution in [3.63, 3.8) is 0 Å². The van der Waals surface area contributed by atoms with Gasteiger partial charge in [0.15, 0.2) is 0 Å². The molecule has 0 bridgehead atoms. The van der Waals surface area contributed by atoms with E-state index in [4.69, 9.17) is 4.42 Å². The first-order valence-electron chi connectivity index (χ1n) is 8.96. The van der Waals surface area contributed by atoms with Gasteiger partial charge in [-0.15, -0.1) is 10.2 Å². The number of nitrogens with zero attached hydrogens (tertiary/aromatic N) is 2. The summed E-state index contributed by atoms with van der Waals surface area (Å²) in [6.07, 6.45) is 0. The van der Waals surface area contributed by atoms with Crippen LogP contribution in [0.1, 0.15) is 36.6 Å². The Bertz CT molecular complexity index is 952. The average molecular weight is 399 g/mol. The summed E-state index contributed by atoms with van der Waals surface area (Å²) < 4.78 is 18.8. The Balaban J connectivity index is 1.62. The van der Waals surface area contributed by atoms with Crippen LogP contribution in [0.3, 0.4) is 0 Å². The lowest BCUT2D eigenvalue weighted by molar-refractivity contribution is -0.120. The number of carbonyl (C=O) groups is 1. The van der Waals surface area contributed by atoms with Gasteiger partial charge < -0.3 is 9.73 Å². The van der Waals surface area contributed by atoms with Gasteiger partial charge in [-0.1, -0.05) is 41.1 Å². The Morgan fingerprint density at radius 2 is 1.71 bits per heavy atom. The van der Waals surface area contributed by atoms with Crippen molar-refractivity contribution >= 4 is 17.7 Å². The van der Waals surface area contributed by atoms with Crippen LogP contribution in [0.15, 0.2) is 52.1 Å². The number of amides is 1. The van der Waals surface area contributed by atoms with Crippen molar-refractivity contribution in [2.75, 3.05) is 0 Å². The summed E-state index contributed by atoms with van der Waals surface area (Å²) in [5, 5.41) is 11.0. The van der Waals surface area contributed by atoms with Crippen LogP contribution in [0.4, 0.5) is 4.39 Å². The van der Waals surface area contributed by atoms with Gasteiger partial charge in [0.2, 0.25) is 11.8 Å². The fourth-order valence-corrected chi connectivity index (χ4v) is 3.54. The molecule has 1 heterocycles. The minimum Gasteiger partial charge on any atom is -0.411 e. The zero-order valence-corrected chi connectivity index (χ0v) is 17.0. The maximum atomic E-state index is 13.0. The highest BCUT2D eigenvalue weighted by Gasteiger charge is 2.20. The number of aryl methyl sites for hydroxylation is 2. The van der Waals surface area contributed by atoms with Gasteiger partial charge in [-0.2, -0.15) is 0 Å². The molecule has 0 radical (unpaired) electrons. The molecule has 2 aromatic carbocycles. The van der Waals surface area contributed by atoms with E-state index < -0.39 is 5.25 Å².